The van der Waals surface area contributed by atoms with Crippen molar-refractivity contribution in [2.75, 3.05) is 32.0 Å². The molecule has 0 radical (unpaired) electrons. The van der Waals surface area contributed by atoms with E-state index in [-0.39, 0.29) is 18.1 Å². The fourth-order valence-electron chi connectivity index (χ4n) is 2.35. The number of nitrogens with one attached hydrogen (secondary N) is 2. The molecule has 0 aromatic heterocycles. The Hall–Kier alpha value is -1.53. The van der Waals surface area contributed by atoms with Crippen LogP contribution in [0.2, 0.25) is 0 Å². The van der Waals surface area contributed by atoms with Gasteiger partial charge in [-0.05, 0) is 38.6 Å². The Kier molecular flexibility index (Phi) is 5.03. The SMILES string of the molecule is CN(CC(=O)Nc1ccc(F)cc1F)C1CCCNC1. The van der Waals surface area contributed by atoms with Gasteiger partial charge in [-0.15, -0.1) is 0 Å². The number of benzene rings is 1. The minimum atomic E-state index is -0.764. The lowest BCUT2D eigenvalue weighted by Gasteiger charge is -2.31. The molecule has 1 fully saturated rings. The van der Waals surface area contributed by atoms with Crippen molar-refractivity contribution in [3.05, 3.63) is 29.8 Å². The number of halogens is 2. The Labute approximate surface area is 117 Å². The van der Waals surface area contributed by atoms with E-state index in [1.807, 2.05) is 11.9 Å². The van der Waals surface area contributed by atoms with Crippen molar-refractivity contribution in [1.29, 1.82) is 0 Å². The highest BCUT2D eigenvalue weighted by Gasteiger charge is 2.20. The summed E-state index contributed by atoms with van der Waals surface area (Å²) in [6.07, 6.45) is 2.13. The smallest absolute Gasteiger partial charge is 0.238 e. The van der Waals surface area contributed by atoms with Crippen LogP contribution in [0, 0.1) is 11.6 Å². The monoisotopic (exact) mass is 283 g/mol. The van der Waals surface area contributed by atoms with Gasteiger partial charge in [-0.25, -0.2) is 8.78 Å². The first-order valence-electron chi connectivity index (χ1n) is 6.72. The summed E-state index contributed by atoms with van der Waals surface area (Å²) in [4.78, 5) is 13.8. The van der Waals surface area contributed by atoms with Crippen molar-refractivity contribution in [3.8, 4) is 0 Å². The number of nitrogens with zero attached hydrogens (tertiary/aromatic N) is 1. The molecule has 110 valence electrons. The Morgan fingerprint density at radius 1 is 1.50 bits per heavy atom. The van der Waals surface area contributed by atoms with Gasteiger partial charge in [0.1, 0.15) is 11.6 Å². The molecule has 2 N–H and O–H groups in total. The number of anilines is 1. The molecule has 1 aromatic carbocycles. The molecule has 0 aliphatic carbocycles. The van der Waals surface area contributed by atoms with Crippen LogP contribution in [0.4, 0.5) is 14.5 Å². The maximum Gasteiger partial charge on any atom is 0.238 e. The number of piperidine rings is 1. The summed E-state index contributed by atoms with van der Waals surface area (Å²) in [6, 6.07) is 3.41. The molecule has 1 aliphatic rings. The first-order chi connectivity index (χ1) is 9.56. The first-order valence-corrected chi connectivity index (χ1v) is 6.72. The van der Waals surface area contributed by atoms with E-state index in [9.17, 15) is 13.6 Å². The molecule has 2 rings (SSSR count). The Bertz CT molecular complexity index is 475. The first kappa shape index (κ1) is 14.9. The molecular weight excluding hydrogens is 264 g/mol. The van der Waals surface area contributed by atoms with Crippen molar-refractivity contribution < 1.29 is 13.6 Å². The molecule has 1 aromatic rings. The van der Waals surface area contributed by atoms with E-state index in [1.165, 1.54) is 6.07 Å². The van der Waals surface area contributed by atoms with E-state index in [1.54, 1.807) is 0 Å². The fraction of sp³-hybridized carbons (Fsp3) is 0.500. The quantitative estimate of drug-likeness (QED) is 0.882. The van der Waals surface area contributed by atoms with Crippen molar-refractivity contribution in [2.24, 2.45) is 0 Å². The molecule has 0 saturated carbocycles. The average molecular weight is 283 g/mol. The largest absolute Gasteiger partial charge is 0.322 e. The number of likely N-dealkylation sites (N-methyl/N-ethyl adjacent to an activating group) is 1. The number of hydrogen-bond acceptors (Lipinski definition) is 3. The molecule has 1 heterocycles. The fourth-order valence-corrected chi connectivity index (χ4v) is 2.35. The molecule has 1 atom stereocenters. The maximum absolute atomic E-state index is 13.4. The number of amides is 1. The summed E-state index contributed by atoms with van der Waals surface area (Å²) in [5.74, 6) is -1.73. The summed E-state index contributed by atoms with van der Waals surface area (Å²) in [5.41, 5.74) is 0.00608. The highest BCUT2D eigenvalue weighted by molar-refractivity contribution is 5.92. The Morgan fingerprint density at radius 2 is 2.30 bits per heavy atom. The number of hydrogen-bond donors (Lipinski definition) is 2. The predicted octanol–water partition coefficient (Wildman–Crippen LogP) is 1.59. The number of carbonyl (C=O) groups is 1. The zero-order valence-electron chi connectivity index (χ0n) is 11.5. The molecule has 1 amide bonds. The zero-order chi connectivity index (χ0) is 14.5. The zero-order valence-corrected chi connectivity index (χ0v) is 11.5. The van der Waals surface area contributed by atoms with E-state index in [4.69, 9.17) is 0 Å². The molecule has 1 saturated heterocycles. The van der Waals surface area contributed by atoms with Gasteiger partial charge in [-0.2, -0.15) is 0 Å². The molecule has 1 aliphatic heterocycles. The van der Waals surface area contributed by atoms with Crippen LogP contribution in [0.5, 0.6) is 0 Å². The number of carbonyl (C=O) groups excluding carboxylic acids is 1. The van der Waals surface area contributed by atoms with E-state index in [0.29, 0.717) is 6.04 Å². The third-order valence-corrected chi connectivity index (χ3v) is 3.49. The molecule has 1 unspecified atom stereocenters. The van der Waals surface area contributed by atoms with Gasteiger partial charge in [0.2, 0.25) is 5.91 Å². The third-order valence-electron chi connectivity index (χ3n) is 3.49. The van der Waals surface area contributed by atoms with Crippen LogP contribution in [0.15, 0.2) is 18.2 Å². The molecule has 0 spiro atoms. The van der Waals surface area contributed by atoms with Crippen molar-refractivity contribution in [1.82, 2.24) is 10.2 Å². The summed E-state index contributed by atoms with van der Waals surface area (Å²) < 4.78 is 26.2. The summed E-state index contributed by atoms with van der Waals surface area (Å²) in [7, 11) is 1.87. The minimum Gasteiger partial charge on any atom is -0.322 e. The number of rotatable bonds is 4. The Morgan fingerprint density at radius 3 is 2.95 bits per heavy atom. The lowest BCUT2D eigenvalue weighted by molar-refractivity contribution is -0.117. The molecular formula is C14H19F2N3O. The third kappa shape index (κ3) is 3.98. The standard InChI is InChI=1S/C14H19F2N3O/c1-19(11-3-2-6-17-8-11)9-14(20)18-13-5-4-10(15)7-12(13)16/h4-5,7,11,17H,2-3,6,8-9H2,1H3,(H,18,20). The van der Waals surface area contributed by atoms with Crippen molar-refractivity contribution in [2.45, 2.75) is 18.9 Å². The second-order valence-electron chi connectivity index (χ2n) is 5.09. The van der Waals surface area contributed by atoms with E-state index in [0.717, 1.165) is 38.1 Å². The van der Waals surface area contributed by atoms with Gasteiger partial charge in [0.15, 0.2) is 0 Å². The van der Waals surface area contributed by atoms with Crippen LogP contribution >= 0.6 is 0 Å². The second kappa shape index (κ2) is 6.76. The van der Waals surface area contributed by atoms with Crippen molar-refractivity contribution in [3.63, 3.8) is 0 Å². The molecule has 6 heteroatoms. The van der Waals surface area contributed by atoms with Crippen LogP contribution in [0.25, 0.3) is 0 Å². The van der Waals surface area contributed by atoms with E-state index < -0.39 is 11.6 Å². The highest BCUT2D eigenvalue weighted by atomic mass is 19.1. The van der Waals surface area contributed by atoms with Crippen LogP contribution in [-0.2, 0) is 4.79 Å². The van der Waals surface area contributed by atoms with Gasteiger partial charge < -0.3 is 10.6 Å². The summed E-state index contributed by atoms with van der Waals surface area (Å²) in [5, 5.41) is 5.74. The molecule has 4 nitrogen and oxygen atoms in total. The van der Waals surface area contributed by atoms with Crippen LogP contribution in [0.1, 0.15) is 12.8 Å². The van der Waals surface area contributed by atoms with Crippen molar-refractivity contribution >= 4 is 11.6 Å². The normalized spacial score (nSPS) is 19.1. The van der Waals surface area contributed by atoms with Gasteiger partial charge in [0, 0.05) is 18.7 Å². The molecule has 20 heavy (non-hydrogen) atoms. The average Bonchev–Trinajstić information content (AvgIpc) is 2.43. The van der Waals surface area contributed by atoms with Gasteiger partial charge in [0.05, 0.1) is 12.2 Å². The van der Waals surface area contributed by atoms with Crippen LogP contribution < -0.4 is 10.6 Å². The van der Waals surface area contributed by atoms with E-state index in [2.05, 4.69) is 10.6 Å². The van der Waals surface area contributed by atoms with Gasteiger partial charge in [-0.1, -0.05) is 0 Å². The second-order valence-corrected chi connectivity index (χ2v) is 5.09. The maximum atomic E-state index is 13.4. The Balaban J connectivity index is 1.88. The van der Waals surface area contributed by atoms with Crippen LogP contribution in [-0.4, -0.2) is 43.5 Å². The van der Waals surface area contributed by atoms with Gasteiger partial charge >= 0.3 is 0 Å². The lowest BCUT2D eigenvalue weighted by Crippen LogP contribution is -2.46. The van der Waals surface area contributed by atoms with Gasteiger partial charge in [0.25, 0.3) is 0 Å². The topological polar surface area (TPSA) is 44.4 Å². The summed E-state index contributed by atoms with van der Waals surface area (Å²) >= 11 is 0. The summed E-state index contributed by atoms with van der Waals surface area (Å²) in [6.45, 7) is 2.05. The minimum absolute atomic E-state index is 0.00608. The highest BCUT2D eigenvalue weighted by Crippen LogP contribution is 2.15. The molecule has 0 bridgehead atoms. The van der Waals surface area contributed by atoms with E-state index >= 15 is 0 Å². The van der Waals surface area contributed by atoms with Gasteiger partial charge in [-0.3, -0.25) is 9.69 Å². The lowest BCUT2D eigenvalue weighted by atomic mass is 10.1. The van der Waals surface area contributed by atoms with Crippen LogP contribution in [0.3, 0.4) is 0 Å². The predicted molar refractivity (Wildman–Crippen MR) is 73.5 cm³/mol.